The summed E-state index contributed by atoms with van der Waals surface area (Å²) in [5.41, 5.74) is 2.48. The van der Waals surface area contributed by atoms with Crippen LogP contribution in [0, 0.1) is 6.92 Å². The van der Waals surface area contributed by atoms with Crippen molar-refractivity contribution in [1.29, 1.82) is 0 Å². The van der Waals surface area contributed by atoms with Crippen molar-refractivity contribution in [3.05, 3.63) is 100 Å². The molecule has 1 amide bonds. The fourth-order valence-corrected chi connectivity index (χ4v) is 7.38. The van der Waals surface area contributed by atoms with E-state index in [1.807, 2.05) is 37.3 Å². The number of hydrogen-bond acceptors (Lipinski definition) is 7. The number of fused-ring (bicyclic) bond motifs is 1. The van der Waals surface area contributed by atoms with Crippen LogP contribution in [-0.2, 0) is 32.4 Å². The van der Waals surface area contributed by atoms with Gasteiger partial charge in [-0.2, -0.15) is 0 Å². The third-order valence-corrected chi connectivity index (χ3v) is 9.65. The van der Waals surface area contributed by atoms with E-state index in [-0.39, 0.29) is 11.5 Å². The van der Waals surface area contributed by atoms with Crippen molar-refractivity contribution < 1.29 is 27.5 Å². The first kappa shape index (κ1) is 28.4. The van der Waals surface area contributed by atoms with Crippen LogP contribution in [0.5, 0.6) is 11.5 Å². The molecule has 0 radical (unpaired) electrons. The van der Waals surface area contributed by atoms with Crippen LogP contribution in [0.25, 0.3) is 0 Å². The highest BCUT2D eigenvalue weighted by molar-refractivity contribution is 7.92. The Bertz CT molecular complexity index is 1650. The highest BCUT2D eigenvalue weighted by Gasteiger charge is 2.31. The molecular formula is C31H30N2O6S2. The summed E-state index contributed by atoms with van der Waals surface area (Å²) in [7, 11) is -4.12. The first-order valence-corrected chi connectivity index (χ1v) is 15.6. The number of sulfonamides is 1. The van der Waals surface area contributed by atoms with Crippen molar-refractivity contribution >= 4 is 43.9 Å². The number of thiophene rings is 1. The number of nitrogens with one attached hydrogen (secondary N) is 1. The fraction of sp³-hybridized carbons (Fsp3) is 0.226. The summed E-state index contributed by atoms with van der Waals surface area (Å²) >= 11 is 1.35. The number of amides is 1. The molecule has 10 heteroatoms. The Hall–Kier alpha value is -4.15. The van der Waals surface area contributed by atoms with Gasteiger partial charge in [-0.05, 0) is 87.2 Å². The van der Waals surface area contributed by atoms with Gasteiger partial charge in [-0.25, -0.2) is 13.2 Å². The molecule has 0 saturated heterocycles. The summed E-state index contributed by atoms with van der Waals surface area (Å²) in [4.78, 5) is 27.3. The van der Waals surface area contributed by atoms with E-state index in [0.717, 1.165) is 39.6 Å². The molecule has 1 N–H and O–H groups in total. The van der Waals surface area contributed by atoms with Crippen LogP contribution in [0.4, 0.5) is 10.7 Å². The predicted octanol–water partition coefficient (Wildman–Crippen LogP) is 6.35. The molecule has 8 nitrogen and oxygen atoms in total. The number of benzene rings is 3. The van der Waals surface area contributed by atoms with E-state index < -0.39 is 28.4 Å². The Kier molecular flexibility index (Phi) is 8.41. The standard InChI is InChI=1S/C31H30N2O6S2/c1-3-38-31(35)29-26-10-7-11-27(26)40-30(29)32-28(34)20-33(41(36,37)25-18-12-21(2)13-19-25)22-14-16-24(17-15-22)39-23-8-5-4-6-9-23/h4-6,8-9,12-19H,3,7,10-11,20H2,1-2H3,(H,32,34). The molecule has 3 aromatic carbocycles. The van der Waals surface area contributed by atoms with Gasteiger partial charge in [0.1, 0.15) is 23.0 Å². The van der Waals surface area contributed by atoms with Gasteiger partial charge in [-0.15, -0.1) is 11.3 Å². The normalized spacial score (nSPS) is 12.4. The highest BCUT2D eigenvalue weighted by Crippen LogP contribution is 2.39. The third-order valence-electron chi connectivity index (χ3n) is 6.65. The summed E-state index contributed by atoms with van der Waals surface area (Å²) in [5.74, 6) is 0.101. The van der Waals surface area contributed by atoms with Gasteiger partial charge in [-0.3, -0.25) is 9.10 Å². The van der Waals surface area contributed by atoms with E-state index in [9.17, 15) is 18.0 Å². The lowest BCUT2D eigenvalue weighted by Gasteiger charge is -2.24. The van der Waals surface area contributed by atoms with Crippen LogP contribution in [-0.4, -0.2) is 33.4 Å². The van der Waals surface area contributed by atoms with Gasteiger partial charge >= 0.3 is 5.97 Å². The van der Waals surface area contributed by atoms with Crippen molar-refractivity contribution in [2.45, 2.75) is 38.0 Å². The van der Waals surface area contributed by atoms with Crippen LogP contribution in [0.15, 0.2) is 83.8 Å². The maximum atomic E-state index is 13.8. The molecule has 1 aliphatic carbocycles. The molecule has 0 spiro atoms. The summed E-state index contributed by atoms with van der Waals surface area (Å²) in [5, 5.41) is 3.19. The third kappa shape index (κ3) is 6.28. The average molecular weight is 591 g/mol. The van der Waals surface area contributed by atoms with Gasteiger partial charge in [0.2, 0.25) is 5.91 Å². The van der Waals surface area contributed by atoms with E-state index >= 15 is 0 Å². The quantitative estimate of drug-likeness (QED) is 0.216. The molecule has 5 rings (SSSR count). The summed E-state index contributed by atoms with van der Waals surface area (Å²) in [6.45, 7) is 3.31. The van der Waals surface area contributed by atoms with Gasteiger partial charge in [0.15, 0.2) is 0 Å². The second kappa shape index (κ2) is 12.2. The topological polar surface area (TPSA) is 102 Å². The van der Waals surface area contributed by atoms with Crippen LogP contribution in [0.3, 0.4) is 0 Å². The molecular weight excluding hydrogens is 560 g/mol. The molecule has 1 aliphatic rings. The molecule has 0 unspecified atom stereocenters. The Morgan fingerprint density at radius 2 is 1.61 bits per heavy atom. The van der Waals surface area contributed by atoms with Crippen molar-refractivity contribution in [1.82, 2.24) is 0 Å². The van der Waals surface area contributed by atoms with Gasteiger partial charge in [0.25, 0.3) is 10.0 Å². The molecule has 41 heavy (non-hydrogen) atoms. The van der Waals surface area contributed by atoms with Crippen molar-refractivity contribution in [3.8, 4) is 11.5 Å². The number of aryl methyl sites for hydroxylation is 2. The number of hydrogen-bond donors (Lipinski definition) is 1. The lowest BCUT2D eigenvalue weighted by atomic mass is 10.1. The minimum absolute atomic E-state index is 0.0582. The molecule has 0 fully saturated rings. The van der Waals surface area contributed by atoms with Crippen LogP contribution < -0.4 is 14.4 Å². The number of carbonyl (C=O) groups is 2. The monoisotopic (exact) mass is 590 g/mol. The Morgan fingerprint density at radius 3 is 2.29 bits per heavy atom. The lowest BCUT2D eigenvalue weighted by Crippen LogP contribution is -2.38. The second-order valence-electron chi connectivity index (χ2n) is 9.56. The summed E-state index contributed by atoms with van der Waals surface area (Å²) in [6.07, 6.45) is 2.50. The number of ether oxygens (including phenoxy) is 2. The largest absolute Gasteiger partial charge is 0.462 e. The summed E-state index contributed by atoms with van der Waals surface area (Å²) in [6, 6.07) is 22.2. The number of para-hydroxylation sites is 1. The first-order chi connectivity index (χ1) is 19.8. The Balaban J connectivity index is 1.44. The molecule has 0 atom stereocenters. The summed E-state index contributed by atoms with van der Waals surface area (Å²) < 4.78 is 39.8. The van der Waals surface area contributed by atoms with E-state index in [2.05, 4.69) is 5.32 Å². The molecule has 1 heterocycles. The van der Waals surface area contributed by atoms with Crippen molar-refractivity contribution in [2.75, 3.05) is 22.8 Å². The lowest BCUT2D eigenvalue weighted by molar-refractivity contribution is -0.114. The minimum atomic E-state index is -4.12. The van der Waals surface area contributed by atoms with Crippen molar-refractivity contribution in [3.63, 3.8) is 0 Å². The second-order valence-corrected chi connectivity index (χ2v) is 12.5. The van der Waals surface area contributed by atoms with Crippen LogP contribution >= 0.6 is 11.3 Å². The number of esters is 1. The predicted molar refractivity (Wildman–Crippen MR) is 160 cm³/mol. The molecule has 212 valence electrons. The van der Waals surface area contributed by atoms with Crippen LogP contribution in [0.2, 0.25) is 0 Å². The maximum absolute atomic E-state index is 13.8. The highest BCUT2D eigenvalue weighted by atomic mass is 32.2. The maximum Gasteiger partial charge on any atom is 0.341 e. The molecule has 0 saturated carbocycles. The van der Waals surface area contributed by atoms with E-state index in [1.165, 1.54) is 23.5 Å². The van der Waals surface area contributed by atoms with Gasteiger partial charge in [0, 0.05) is 4.88 Å². The van der Waals surface area contributed by atoms with E-state index in [0.29, 0.717) is 27.8 Å². The number of rotatable bonds is 10. The fourth-order valence-electron chi connectivity index (χ4n) is 4.67. The molecule has 0 bridgehead atoms. The molecule has 0 aliphatic heterocycles. The Labute approximate surface area is 243 Å². The van der Waals surface area contributed by atoms with E-state index in [1.54, 1.807) is 43.3 Å². The zero-order valence-corrected chi connectivity index (χ0v) is 24.4. The van der Waals surface area contributed by atoms with Gasteiger partial charge in [0.05, 0.1) is 22.8 Å². The number of nitrogens with zero attached hydrogens (tertiary/aromatic N) is 1. The van der Waals surface area contributed by atoms with Gasteiger partial charge in [-0.1, -0.05) is 35.9 Å². The smallest absolute Gasteiger partial charge is 0.341 e. The number of anilines is 2. The zero-order chi connectivity index (χ0) is 29.0. The van der Waals surface area contributed by atoms with Gasteiger partial charge < -0.3 is 14.8 Å². The SMILES string of the molecule is CCOC(=O)c1c(NC(=O)CN(c2ccc(Oc3ccccc3)cc2)S(=O)(=O)c2ccc(C)cc2)sc2c1CCC2. The molecule has 1 aromatic heterocycles. The first-order valence-electron chi connectivity index (χ1n) is 13.3. The van der Waals surface area contributed by atoms with Crippen molar-refractivity contribution in [2.24, 2.45) is 0 Å². The zero-order valence-electron chi connectivity index (χ0n) is 22.8. The molecule has 4 aromatic rings. The van der Waals surface area contributed by atoms with Crippen LogP contribution in [0.1, 0.15) is 39.7 Å². The minimum Gasteiger partial charge on any atom is -0.462 e. The Morgan fingerprint density at radius 1 is 0.927 bits per heavy atom. The van der Waals surface area contributed by atoms with E-state index in [4.69, 9.17) is 9.47 Å². The number of carbonyl (C=O) groups excluding carboxylic acids is 2. The average Bonchev–Trinajstić information content (AvgIpc) is 3.54.